The molecule has 0 aliphatic rings. The van der Waals surface area contributed by atoms with Crippen LogP contribution in [0.3, 0.4) is 0 Å². The van der Waals surface area contributed by atoms with E-state index in [1.54, 1.807) is 13.0 Å². The minimum atomic E-state index is -0.195. The summed E-state index contributed by atoms with van der Waals surface area (Å²) in [6.45, 7) is 5.70. The van der Waals surface area contributed by atoms with Crippen LogP contribution in [0.2, 0.25) is 0 Å². The Bertz CT molecular complexity index is 647. The highest BCUT2D eigenvalue weighted by Crippen LogP contribution is 2.23. The molecule has 0 radical (unpaired) electrons. The average molecular weight is 262 g/mol. The van der Waals surface area contributed by atoms with E-state index >= 15 is 0 Å². The van der Waals surface area contributed by atoms with Gasteiger partial charge in [0.05, 0.1) is 5.69 Å². The summed E-state index contributed by atoms with van der Waals surface area (Å²) in [6, 6.07) is 5.06. The first-order valence-electron chi connectivity index (χ1n) is 5.89. The van der Waals surface area contributed by atoms with E-state index < -0.39 is 0 Å². The zero-order valence-electron chi connectivity index (χ0n) is 10.7. The Hall–Kier alpha value is -1.55. The molecule has 1 aromatic heterocycles. The van der Waals surface area contributed by atoms with Crippen molar-refractivity contribution < 1.29 is 4.39 Å². The predicted octanol–water partition coefficient (Wildman–Crippen LogP) is 4.12. The number of benzene rings is 1. The number of H-pyrrole nitrogens is 1. The number of rotatable bonds is 2. The minimum absolute atomic E-state index is 0.195. The lowest BCUT2D eigenvalue weighted by atomic mass is 10.1. The molecule has 0 aliphatic carbocycles. The first kappa shape index (κ1) is 12.9. The van der Waals surface area contributed by atoms with E-state index in [9.17, 15) is 4.39 Å². The quantitative estimate of drug-likeness (QED) is 0.825. The number of aromatic nitrogens is 2. The molecule has 0 spiro atoms. The SMILES string of the molecule is CCc1nc(=S)c(C)c(-c2ccc(F)c(C)c2)[nH]1. The number of nitrogens with one attached hydrogen (secondary N) is 1. The van der Waals surface area contributed by atoms with Gasteiger partial charge in [-0.1, -0.05) is 19.1 Å². The van der Waals surface area contributed by atoms with Crippen LogP contribution >= 0.6 is 12.2 Å². The molecule has 0 fully saturated rings. The van der Waals surface area contributed by atoms with E-state index in [4.69, 9.17) is 12.2 Å². The Morgan fingerprint density at radius 1 is 1.33 bits per heavy atom. The molecule has 0 bridgehead atoms. The second-order valence-electron chi connectivity index (χ2n) is 4.31. The van der Waals surface area contributed by atoms with Crippen molar-refractivity contribution >= 4 is 12.2 Å². The van der Waals surface area contributed by atoms with Crippen LogP contribution in [0.1, 0.15) is 23.9 Å². The zero-order valence-corrected chi connectivity index (χ0v) is 11.5. The number of aryl methyl sites for hydroxylation is 2. The molecule has 18 heavy (non-hydrogen) atoms. The van der Waals surface area contributed by atoms with Crippen LogP contribution in [-0.2, 0) is 6.42 Å². The summed E-state index contributed by atoms with van der Waals surface area (Å²) in [4.78, 5) is 7.57. The summed E-state index contributed by atoms with van der Waals surface area (Å²) < 4.78 is 13.9. The number of nitrogens with zero attached hydrogens (tertiary/aromatic N) is 1. The third kappa shape index (κ3) is 2.34. The molecule has 0 aliphatic heterocycles. The van der Waals surface area contributed by atoms with Crippen LogP contribution in [0.5, 0.6) is 0 Å². The Kier molecular flexibility index (Phi) is 3.57. The van der Waals surface area contributed by atoms with Crippen LogP contribution < -0.4 is 0 Å². The number of hydrogen-bond donors (Lipinski definition) is 1. The molecule has 0 unspecified atom stereocenters. The molecule has 2 aromatic rings. The third-order valence-corrected chi connectivity index (χ3v) is 3.38. The highest BCUT2D eigenvalue weighted by molar-refractivity contribution is 7.71. The lowest BCUT2D eigenvalue weighted by Crippen LogP contribution is -1.99. The zero-order chi connectivity index (χ0) is 13.3. The number of halogens is 1. The highest BCUT2D eigenvalue weighted by atomic mass is 32.1. The second-order valence-corrected chi connectivity index (χ2v) is 4.69. The number of hydrogen-bond acceptors (Lipinski definition) is 2. The molecule has 2 nitrogen and oxygen atoms in total. The van der Waals surface area contributed by atoms with Crippen molar-refractivity contribution in [1.29, 1.82) is 0 Å². The van der Waals surface area contributed by atoms with Crippen LogP contribution in [-0.4, -0.2) is 9.97 Å². The van der Waals surface area contributed by atoms with Gasteiger partial charge in [-0.15, -0.1) is 0 Å². The van der Waals surface area contributed by atoms with Gasteiger partial charge in [-0.3, -0.25) is 0 Å². The first-order valence-corrected chi connectivity index (χ1v) is 6.30. The molecule has 0 amide bonds. The Balaban J connectivity index is 2.66. The van der Waals surface area contributed by atoms with E-state index in [2.05, 4.69) is 9.97 Å². The van der Waals surface area contributed by atoms with Gasteiger partial charge in [0.15, 0.2) is 0 Å². The molecule has 1 aromatic carbocycles. The first-order chi connectivity index (χ1) is 8.52. The Morgan fingerprint density at radius 2 is 2.06 bits per heavy atom. The van der Waals surface area contributed by atoms with E-state index in [1.807, 2.05) is 19.9 Å². The monoisotopic (exact) mass is 262 g/mol. The fraction of sp³-hybridized carbons (Fsp3) is 0.286. The van der Waals surface area contributed by atoms with E-state index in [-0.39, 0.29) is 5.82 Å². The van der Waals surface area contributed by atoms with Crippen molar-refractivity contribution in [2.45, 2.75) is 27.2 Å². The van der Waals surface area contributed by atoms with Gasteiger partial charge in [-0.25, -0.2) is 9.37 Å². The molecule has 2 rings (SSSR count). The summed E-state index contributed by atoms with van der Waals surface area (Å²) in [7, 11) is 0. The fourth-order valence-corrected chi connectivity index (χ4v) is 2.05. The van der Waals surface area contributed by atoms with Gasteiger partial charge in [0, 0.05) is 12.0 Å². The maximum absolute atomic E-state index is 13.3. The summed E-state index contributed by atoms with van der Waals surface area (Å²) in [5.74, 6) is 0.655. The van der Waals surface area contributed by atoms with Gasteiger partial charge in [0.1, 0.15) is 16.3 Å². The lowest BCUT2D eigenvalue weighted by Gasteiger charge is -2.10. The summed E-state index contributed by atoms with van der Waals surface area (Å²) in [6.07, 6.45) is 0.789. The normalized spacial score (nSPS) is 10.7. The van der Waals surface area contributed by atoms with Gasteiger partial charge in [-0.05, 0) is 43.2 Å². The van der Waals surface area contributed by atoms with Crippen molar-refractivity contribution in [3.05, 3.63) is 45.6 Å². The summed E-state index contributed by atoms with van der Waals surface area (Å²) >= 11 is 5.25. The fourth-order valence-electron chi connectivity index (χ4n) is 1.84. The highest BCUT2D eigenvalue weighted by Gasteiger charge is 2.08. The van der Waals surface area contributed by atoms with E-state index in [1.165, 1.54) is 6.07 Å². The van der Waals surface area contributed by atoms with Crippen LogP contribution in [0.15, 0.2) is 18.2 Å². The van der Waals surface area contributed by atoms with Gasteiger partial charge < -0.3 is 4.98 Å². The molecule has 94 valence electrons. The standard InChI is InChI=1S/C14H15FN2S/c1-4-12-16-13(9(3)14(18)17-12)10-5-6-11(15)8(2)7-10/h5-7H,4H2,1-3H3,(H,16,17,18). The molecule has 1 heterocycles. The van der Waals surface area contributed by atoms with Gasteiger partial charge in [0.2, 0.25) is 0 Å². The molecule has 0 atom stereocenters. The van der Waals surface area contributed by atoms with Gasteiger partial charge >= 0.3 is 0 Å². The largest absolute Gasteiger partial charge is 0.343 e. The summed E-state index contributed by atoms with van der Waals surface area (Å²) in [5.41, 5.74) is 3.42. The molecule has 0 saturated heterocycles. The van der Waals surface area contributed by atoms with Crippen molar-refractivity contribution in [2.75, 3.05) is 0 Å². The molecule has 1 N–H and O–H groups in total. The van der Waals surface area contributed by atoms with E-state index in [0.717, 1.165) is 29.1 Å². The summed E-state index contributed by atoms with van der Waals surface area (Å²) in [5, 5.41) is 0. The average Bonchev–Trinajstić information content (AvgIpc) is 2.36. The lowest BCUT2D eigenvalue weighted by molar-refractivity contribution is 0.618. The Morgan fingerprint density at radius 3 is 2.67 bits per heavy atom. The number of aromatic amines is 1. The smallest absolute Gasteiger partial charge is 0.133 e. The second kappa shape index (κ2) is 4.98. The maximum atomic E-state index is 13.3. The van der Waals surface area contributed by atoms with Crippen LogP contribution in [0.25, 0.3) is 11.3 Å². The molecule has 0 saturated carbocycles. The van der Waals surface area contributed by atoms with Crippen LogP contribution in [0.4, 0.5) is 4.39 Å². The van der Waals surface area contributed by atoms with Crippen molar-refractivity contribution in [3.63, 3.8) is 0 Å². The van der Waals surface area contributed by atoms with Gasteiger partial charge in [0.25, 0.3) is 0 Å². The Labute approximate surface area is 111 Å². The molecule has 4 heteroatoms. The third-order valence-electron chi connectivity index (χ3n) is 2.98. The van der Waals surface area contributed by atoms with Crippen molar-refractivity contribution in [2.24, 2.45) is 0 Å². The van der Waals surface area contributed by atoms with Gasteiger partial charge in [-0.2, -0.15) is 0 Å². The minimum Gasteiger partial charge on any atom is -0.343 e. The van der Waals surface area contributed by atoms with Crippen molar-refractivity contribution in [3.8, 4) is 11.3 Å². The van der Waals surface area contributed by atoms with Crippen LogP contribution in [0, 0.1) is 24.3 Å². The van der Waals surface area contributed by atoms with E-state index in [0.29, 0.717) is 10.2 Å². The topological polar surface area (TPSA) is 28.7 Å². The maximum Gasteiger partial charge on any atom is 0.133 e. The van der Waals surface area contributed by atoms with Crippen molar-refractivity contribution in [1.82, 2.24) is 9.97 Å². The predicted molar refractivity (Wildman–Crippen MR) is 73.7 cm³/mol. The molecular weight excluding hydrogens is 247 g/mol. The molecular formula is C14H15FN2S.